The lowest BCUT2D eigenvalue weighted by Crippen LogP contribution is -2.12. The molecule has 74 valence electrons. The van der Waals surface area contributed by atoms with E-state index in [0.717, 1.165) is 25.2 Å². The van der Waals surface area contributed by atoms with Crippen LogP contribution < -0.4 is 5.32 Å². The third-order valence-corrected chi connectivity index (χ3v) is 2.38. The molecule has 1 aromatic rings. The summed E-state index contributed by atoms with van der Waals surface area (Å²) in [6, 6.07) is 8.31. The van der Waals surface area contributed by atoms with Crippen molar-refractivity contribution in [2.75, 3.05) is 13.7 Å². The molecule has 0 saturated heterocycles. The fourth-order valence-corrected chi connectivity index (χ4v) is 1.73. The Balaban J connectivity index is 2.42. The van der Waals surface area contributed by atoms with Gasteiger partial charge in [-0.05, 0) is 5.56 Å². The summed E-state index contributed by atoms with van der Waals surface area (Å²) in [6.45, 7) is 1.87. The Morgan fingerprint density at radius 3 is 3.07 bits per heavy atom. The van der Waals surface area contributed by atoms with Gasteiger partial charge in [-0.3, -0.25) is 0 Å². The first-order valence-electron chi connectivity index (χ1n) is 4.81. The maximum atomic E-state index is 4.85. The Labute approximate surface area is 83.8 Å². The Morgan fingerprint density at radius 2 is 2.21 bits per heavy atom. The molecule has 2 rings (SSSR count). The van der Waals surface area contributed by atoms with E-state index in [1.165, 1.54) is 11.1 Å². The maximum Gasteiger partial charge on any atom is 0.106 e. The number of rotatable bonds is 1. The molecule has 0 atom stereocenters. The van der Waals surface area contributed by atoms with Crippen molar-refractivity contribution in [2.45, 2.75) is 13.0 Å². The van der Waals surface area contributed by atoms with Crippen molar-refractivity contribution < 1.29 is 4.84 Å². The first-order valence-corrected chi connectivity index (χ1v) is 4.81. The molecule has 0 aromatic heterocycles. The third kappa shape index (κ3) is 1.77. The summed E-state index contributed by atoms with van der Waals surface area (Å²) in [6.07, 6.45) is 0.921. The topological polar surface area (TPSA) is 33.6 Å². The number of oxime groups is 1. The zero-order valence-corrected chi connectivity index (χ0v) is 8.29. The second-order valence-electron chi connectivity index (χ2n) is 3.30. The molecule has 1 aliphatic heterocycles. The van der Waals surface area contributed by atoms with E-state index in [1.54, 1.807) is 7.11 Å². The van der Waals surface area contributed by atoms with Crippen LogP contribution in [-0.4, -0.2) is 19.4 Å². The van der Waals surface area contributed by atoms with Gasteiger partial charge < -0.3 is 10.2 Å². The Hall–Kier alpha value is -1.35. The lowest BCUT2D eigenvalue weighted by Gasteiger charge is -2.05. The predicted octanol–water partition coefficient (Wildman–Crippen LogP) is 1.53. The van der Waals surface area contributed by atoms with Crippen molar-refractivity contribution in [3.05, 3.63) is 35.4 Å². The SMILES string of the molecule is CO/N=C1\CCNCc2ccccc21. The molecule has 0 aliphatic carbocycles. The molecular weight excluding hydrogens is 176 g/mol. The summed E-state index contributed by atoms with van der Waals surface area (Å²) in [5, 5.41) is 7.42. The van der Waals surface area contributed by atoms with Crippen LogP contribution in [0.4, 0.5) is 0 Å². The highest BCUT2D eigenvalue weighted by atomic mass is 16.6. The fraction of sp³-hybridized carbons (Fsp3) is 0.364. The van der Waals surface area contributed by atoms with Crippen LogP contribution in [-0.2, 0) is 11.4 Å². The van der Waals surface area contributed by atoms with Gasteiger partial charge in [0.05, 0.1) is 5.71 Å². The van der Waals surface area contributed by atoms with Crippen LogP contribution in [0.2, 0.25) is 0 Å². The van der Waals surface area contributed by atoms with E-state index in [0.29, 0.717) is 0 Å². The normalized spacial score (nSPS) is 18.8. The minimum absolute atomic E-state index is 0.916. The Bertz CT molecular complexity index is 347. The molecule has 1 aliphatic rings. The largest absolute Gasteiger partial charge is 0.399 e. The highest BCUT2D eigenvalue weighted by molar-refractivity contribution is 6.01. The van der Waals surface area contributed by atoms with E-state index in [-0.39, 0.29) is 0 Å². The van der Waals surface area contributed by atoms with Gasteiger partial charge in [0.25, 0.3) is 0 Å². The van der Waals surface area contributed by atoms with Crippen LogP contribution in [0.15, 0.2) is 29.4 Å². The standard InChI is InChI=1S/C11H14N2O/c1-14-13-11-6-7-12-8-9-4-2-3-5-10(9)11/h2-5,12H,6-8H2,1H3/b13-11+. The van der Waals surface area contributed by atoms with E-state index in [4.69, 9.17) is 4.84 Å². The highest BCUT2D eigenvalue weighted by Gasteiger charge is 2.12. The van der Waals surface area contributed by atoms with Crippen molar-refractivity contribution in [3.8, 4) is 0 Å². The zero-order valence-electron chi connectivity index (χ0n) is 8.29. The molecule has 0 unspecified atom stereocenters. The summed E-state index contributed by atoms with van der Waals surface area (Å²) in [5.41, 5.74) is 3.54. The smallest absolute Gasteiger partial charge is 0.106 e. The first-order chi connectivity index (χ1) is 6.92. The predicted molar refractivity (Wildman–Crippen MR) is 56.3 cm³/mol. The average molecular weight is 190 g/mol. The van der Waals surface area contributed by atoms with Gasteiger partial charge in [-0.1, -0.05) is 29.4 Å². The lowest BCUT2D eigenvalue weighted by atomic mass is 10.0. The number of hydrogen-bond acceptors (Lipinski definition) is 3. The molecule has 1 aromatic carbocycles. The molecule has 0 amide bonds. The lowest BCUT2D eigenvalue weighted by molar-refractivity contribution is 0.213. The van der Waals surface area contributed by atoms with E-state index in [2.05, 4.69) is 28.7 Å². The Kier molecular flexibility index (Phi) is 2.79. The van der Waals surface area contributed by atoms with Crippen LogP contribution in [0.5, 0.6) is 0 Å². The van der Waals surface area contributed by atoms with Crippen LogP contribution in [0.3, 0.4) is 0 Å². The van der Waals surface area contributed by atoms with Gasteiger partial charge in [0.1, 0.15) is 7.11 Å². The molecule has 14 heavy (non-hydrogen) atoms. The molecule has 3 nitrogen and oxygen atoms in total. The zero-order chi connectivity index (χ0) is 9.80. The molecule has 3 heteroatoms. The molecule has 0 fully saturated rings. The number of benzene rings is 1. The van der Waals surface area contributed by atoms with E-state index in [9.17, 15) is 0 Å². The van der Waals surface area contributed by atoms with Crippen LogP contribution in [0.25, 0.3) is 0 Å². The van der Waals surface area contributed by atoms with Gasteiger partial charge in [0.15, 0.2) is 0 Å². The van der Waals surface area contributed by atoms with Gasteiger partial charge in [0.2, 0.25) is 0 Å². The second-order valence-corrected chi connectivity index (χ2v) is 3.30. The summed E-state index contributed by atoms with van der Waals surface area (Å²) >= 11 is 0. The van der Waals surface area contributed by atoms with Crippen LogP contribution in [0.1, 0.15) is 17.5 Å². The monoisotopic (exact) mass is 190 g/mol. The number of fused-ring (bicyclic) bond motifs is 1. The number of nitrogens with one attached hydrogen (secondary N) is 1. The molecule has 0 saturated carbocycles. The molecule has 0 radical (unpaired) electrons. The third-order valence-electron chi connectivity index (χ3n) is 2.38. The van der Waals surface area contributed by atoms with Crippen LogP contribution >= 0.6 is 0 Å². The van der Waals surface area contributed by atoms with Gasteiger partial charge in [-0.15, -0.1) is 0 Å². The van der Waals surface area contributed by atoms with Crippen molar-refractivity contribution in [1.82, 2.24) is 5.32 Å². The quantitative estimate of drug-likeness (QED) is 0.681. The average Bonchev–Trinajstić information content (AvgIpc) is 2.42. The number of nitrogens with zero attached hydrogens (tertiary/aromatic N) is 1. The minimum Gasteiger partial charge on any atom is -0.399 e. The summed E-state index contributed by atoms with van der Waals surface area (Å²) in [7, 11) is 1.59. The maximum absolute atomic E-state index is 4.85. The summed E-state index contributed by atoms with van der Waals surface area (Å²) < 4.78 is 0. The van der Waals surface area contributed by atoms with Gasteiger partial charge in [-0.25, -0.2) is 0 Å². The molecule has 0 spiro atoms. The van der Waals surface area contributed by atoms with E-state index in [1.807, 2.05) is 6.07 Å². The summed E-state index contributed by atoms with van der Waals surface area (Å²) in [5.74, 6) is 0. The number of hydrogen-bond donors (Lipinski definition) is 1. The van der Waals surface area contributed by atoms with E-state index < -0.39 is 0 Å². The first kappa shape index (κ1) is 9.21. The summed E-state index contributed by atoms with van der Waals surface area (Å²) in [4.78, 5) is 4.85. The van der Waals surface area contributed by atoms with Crippen molar-refractivity contribution >= 4 is 5.71 Å². The van der Waals surface area contributed by atoms with Crippen molar-refractivity contribution in [2.24, 2.45) is 5.16 Å². The van der Waals surface area contributed by atoms with Gasteiger partial charge >= 0.3 is 0 Å². The van der Waals surface area contributed by atoms with Crippen molar-refractivity contribution in [3.63, 3.8) is 0 Å². The fourth-order valence-electron chi connectivity index (χ4n) is 1.73. The minimum atomic E-state index is 0.916. The van der Waals surface area contributed by atoms with Crippen molar-refractivity contribution in [1.29, 1.82) is 0 Å². The Morgan fingerprint density at radius 1 is 1.36 bits per heavy atom. The van der Waals surface area contributed by atoms with E-state index >= 15 is 0 Å². The highest BCUT2D eigenvalue weighted by Crippen LogP contribution is 2.14. The molecular formula is C11H14N2O. The molecule has 1 N–H and O–H groups in total. The molecule has 1 heterocycles. The van der Waals surface area contributed by atoms with Gasteiger partial charge in [0, 0.05) is 25.1 Å². The second kappa shape index (κ2) is 4.24. The van der Waals surface area contributed by atoms with Crippen LogP contribution in [0, 0.1) is 0 Å². The van der Waals surface area contributed by atoms with Gasteiger partial charge in [-0.2, -0.15) is 0 Å². The molecule has 0 bridgehead atoms.